The molecule has 1 aliphatic heterocycles. The molecule has 1 aliphatic rings. The van der Waals surface area contributed by atoms with Crippen LogP contribution >= 0.6 is 23.6 Å². The van der Waals surface area contributed by atoms with Gasteiger partial charge in [0.2, 0.25) is 0 Å². The average molecular weight is 415 g/mol. The average Bonchev–Trinajstić information content (AvgIpc) is 3.32. The zero-order valence-corrected chi connectivity index (χ0v) is 18.2. The van der Waals surface area contributed by atoms with Gasteiger partial charge in [-0.25, -0.2) is 4.68 Å². The lowest BCUT2D eigenvalue weighted by Gasteiger charge is -2.35. The summed E-state index contributed by atoms with van der Waals surface area (Å²) in [6.45, 7) is 6.94. The molecule has 1 aromatic carbocycles. The summed E-state index contributed by atoms with van der Waals surface area (Å²) in [6.07, 6.45) is 2.20. The molecule has 0 fully saturated rings. The van der Waals surface area contributed by atoms with E-state index in [2.05, 4.69) is 34.8 Å². The highest BCUT2D eigenvalue weighted by Crippen LogP contribution is 2.35. The van der Waals surface area contributed by atoms with E-state index in [1.54, 1.807) is 7.11 Å². The Kier molecular flexibility index (Phi) is 5.66. The molecule has 0 unspecified atom stereocenters. The lowest BCUT2D eigenvalue weighted by molar-refractivity contribution is 0.129. The van der Waals surface area contributed by atoms with Gasteiger partial charge in [-0.3, -0.25) is 4.90 Å². The van der Waals surface area contributed by atoms with E-state index in [-0.39, 0.29) is 0 Å². The first-order valence-corrected chi connectivity index (χ1v) is 11.1. The Morgan fingerprint density at radius 2 is 2.00 bits per heavy atom. The summed E-state index contributed by atoms with van der Waals surface area (Å²) in [7, 11) is 1.68. The number of methoxy groups -OCH3 is 1. The summed E-state index contributed by atoms with van der Waals surface area (Å²) in [5.74, 6) is 1.76. The van der Waals surface area contributed by atoms with Crippen LogP contribution in [0.1, 0.15) is 36.8 Å². The molecule has 1 atom stereocenters. The standard InChI is InChI=1S/C21H26N4OS2/c1-4-18-17-11-13-28-19(17)10-12-23(18)14-25-21(27)24(5-2)20(22-25)15-6-8-16(26-3)9-7-15/h6-9,11,13,18H,4-5,10,12,14H2,1-3H3/t18-/m0/s1. The molecular weight excluding hydrogens is 388 g/mol. The van der Waals surface area contributed by atoms with Crippen LogP contribution in [0.5, 0.6) is 5.75 Å². The number of rotatable bonds is 6. The van der Waals surface area contributed by atoms with Crippen molar-refractivity contribution < 1.29 is 4.74 Å². The summed E-state index contributed by atoms with van der Waals surface area (Å²) >= 11 is 7.66. The zero-order valence-electron chi connectivity index (χ0n) is 16.6. The van der Waals surface area contributed by atoms with Crippen molar-refractivity contribution in [3.8, 4) is 17.1 Å². The van der Waals surface area contributed by atoms with Crippen LogP contribution in [0.25, 0.3) is 11.4 Å². The van der Waals surface area contributed by atoms with E-state index >= 15 is 0 Å². The molecular formula is C21H26N4OS2. The van der Waals surface area contributed by atoms with Crippen LogP contribution in [-0.4, -0.2) is 32.9 Å². The highest BCUT2D eigenvalue weighted by Gasteiger charge is 2.27. The molecule has 0 amide bonds. The fourth-order valence-electron chi connectivity index (χ4n) is 4.04. The SMILES string of the molecule is CC[C@H]1c2ccsc2CCN1Cn1nc(-c2ccc(OC)cc2)n(CC)c1=S. The molecule has 5 nitrogen and oxygen atoms in total. The fraction of sp³-hybridized carbons (Fsp3) is 0.429. The zero-order chi connectivity index (χ0) is 19.7. The fourth-order valence-corrected chi connectivity index (χ4v) is 5.28. The van der Waals surface area contributed by atoms with Crippen LogP contribution in [0, 0.1) is 4.77 Å². The predicted molar refractivity (Wildman–Crippen MR) is 116 cm³/mol. The van der Waals surface area contributed by atoms with Crippen molar-refractivity contribution in [3.63, 3.8) is 0 Å². The second kappa shape index (κ2) is 8.19. The highest BCUT2D eigenvalue weighted by molar-refractivity contribution is 7.71. The van der Waals surface area contributed by atoms with E-state index in [4.69, 9.17) is 22.1 Å². The molecule has 0 aliphatic carbocycles. The van der Waals surface area contributed by atoms with E-state index in [9.17, 15) is 0 Å². The van der Waals surface area contributed by atoms with Gasteiger partial charge in [-0.15, -0.1) is 11.3 Å². The van der Waals surface area contributed by atoms with Gasteiger partial charge in [0.15, 0.2) is 10.6 Å². The normalized spacial score (nSPS) is 16.9. The van der Waals surface area contributed by atoms with E-state index < -0.39 is 0 Å². The maximum Gasteiger partial charge on any atom is 0.199 e. The summed E-state index contributed by atoms with van der Waals surface area (Å²) in [6, 6.07) is 10.7. The number of fused-ring (bicyclic) bond motifs is 1. The molecule has 28 heavy (non-hydrogen) atoms. The number of thiophene rings is 1. The second-order valence-corrected chi connectivity index (χ2v) is 8.37. The Labute approximate surface area is 175 Å². The predicted octanol–water partition coefficient (Wildman–Crippen LogP) is 5.14. The lowest BCUT2D eigenvalue weighted by atomic mass is 9.98. The van der Waals surface area contributed by atoms with E-state index in [1.165, 1.54) is 10.4 Å². The van der Waals surface area contributed by atoms with Gasteiger partial charge in [-0.2, -0.15) is 5.10 Å². The molecule has 148 valence electrons. The summed E-state index contributed by atoms with van der Waals surface area (Å²) in [5.41, 5.74) is 2.54. The maximum atomic E-state index is 5.78. The third-order valence-corrected chi connectivity index (χ3v) is 6.92. The lowest BCUT2D eigenvalue weighted by Crippen LogP contribution is -2.36. The smallest absolute Gasteiger partial charge is 0.199 e. The van der Waals surface area contributed by atoms with E-state index in [0.717, 1.165) is 54.5 Å². The van der Waals surface area contributed by atoms with E-state index in [0.29, 0.717) is 6.04 Å². The first kappa shape index (κ1) is 19.4. The van der Waals surface area contributed by atoms with Crippen LogP contribution in [0.15, 0.2) is 35.7 Å². The summed E-state index contributed by atoms with van der Waals surface area (Å²) in [4.78, 5) is 4.04. The highest BCUT2D eigenvalue weighted by atomic mass is 32.1. The molecule has 0 saturated heterocycles. The number of aromatic nitrogens is 3. The molecule has 2 aromatic heterocycles. The van der Waals surface area contributed by atoms with Gasteiger partial charge in [0.1, 0.15) is 5.75 Å². The molecule has 0 radical (unpaired) electrons. The first-order chi connectivity index (χ1) is 13.7. The van der Waals surface area contributed by atoms with Crippen molar-refractivity contribution in [1.82, 2.24) is 19.2 Å². The molecule has 4 rings (SSSR count). The number of nitrogens with zero attached hydrogens (tertiary/aromatic N) is 4. The third kappa shape index (κ3) is 3.43. The van der Waals surface area contributed by atoms with Gasteiger partial charge in [-0.05, 0) is 73.3 Å². The van der Waals surface area contributed by atoms with Crippen LogP contribution in [0.2, 0.25) is 0 Å². The van der Waals surface area contributed by atoms with Gasteiger partial charge >= 0.3 is 0 Å². The minimum atomic E-state index is 0.438. The second-order valence-electron chi connectivity index (χ2n) is 7.01. The van der Waals surface area contributed by atoms with Crippen LogP contribution in [0.3, 0.4) is 0 Å². The molecule has 0 saturated carbocycles. The molecule has 3 heterocycles. The Balaban J connectivity index is 1.65. The van der Waals surface area contributed by atoms with Gasteiger partial charge in [-0.1, -0.05) is 6.92 Å². The number of hydrogen-bond acceptors (Lipinski definition) is 5. The molecule has 3 aromatic rings. The third-order valence-electron chi connectivity index (χ3n) is 5.50. The molecule has 0 N–H and O–H groups in total. The minimum absolute atomic E-state index is 0.438. The maximum absolute atomic E-state index is 5.78. The van der Waals surface area contributed by atoms with Crippen molar-refractivity contribution in [3.05, 3.63) is 50.9 Å². The van der Waals surface area contributed by atoms with Crippen molar-refractivity contribution in [2.75, 3.05) is 13.7 Å². The summed E-state index contributed by atoms with van der Waals surface area (Å²) < 4.78 is 10.1. The quantitative estimate of drug-likeness (QED) is 0.523. The van der Waals surface area contributed by atoms with Crippen molar-refractivity contribution in [1.29, 1.82) is 0 Å². The van der Waals surface area contributed by atoms with Gasteiger partial charge in [0, 0.05) is 29.6 Å². The van der Waals surface area contributed by atoms with Crippen molar-refractivity contribution >= 4 is 23.6 Å². The van der Waals surface area contributed by atoms with Crippen molar-refractivity contribution in [2.24, 2.45) is 0 Å². The summed E-state index contributed by atoms with van der Waals surface area (Å²) in [5, 5.41) is 7.13. The van der Waals surface area contributed by atoms with Gasteiger partial charge in [0.05, 0.1) is 13.8 Å². The molecule has 0 bridgehead atoms. The topological polar surface area (TPSA) is 35.2 Å². The van der Waals surface area contributed by atoms with Crippen molar-refractivity contribution in [2.45, 2.75) is 45.9 Å². The monoisotopic (exact) mass is 414 g/mol. The minimum Gasteiger partial charge on any atom is -0.497 e. The Morgan fingerprint density at radius 3 is 2.68 bits per heavy atom. The van der Waals surface area contributed by atoms with E-state index in [1.807, 2.05) is 40.3 Å². The largest absolute Gasteiger partial charge is 0.497 e. The Bertz CT molecular complexity index is 1000. The first-order valence-electron chi connectivity index (χ1n) is 9.78. The van der Waals surface area contributed by atoms with Crippen LogP contribution in [-0.2, 0) is 19.6 Å². The number of benzene rings is 1. The van der Waals surface area contributed by atoms with Crippen LogP contribution in [0.4, 0.5) is 0 Å². The molecule has 0 spiro atoms. The number of ether oxygens (including phenoxy) is 1. The molecule has 7 heteroatoms. The van der Waals surface area contributed by atoms with Crippen LogP contribution < -0.4 is 4.74 Å². The van der Waals surface area contributed by atoms with Gasteiger partial charge in [0.25, 0.3) is 0 Å². The Hall–Kier alpha value is -1.96. The van der Waals surface area contributed by atoms with Gasteiger partial charge < -0.3 is 9.30 Å². The Morgan fingerprint density at radius 1 is 1.21 bits per heavy atom. The number of hydrogen-bond donors (Lipinski definition) is 0.